The summed E-state index contributed by atoms with van der Waals surface area (Å²) in [6, 6.07) is 9.85. The number of benzene rings is 1. The normalized spacial score (nSPS) is 11.8. The molecule has 0 bridgehead atoms. The molecule has 19 heavy (non-hydrogen) atoms. The van der Waals surface area contributed by atoms with E-state index in [4.69, 9.17) is 5.73 Å². The molecule has 0 radical (unpaired) electrons. The number of anilines is 1. The van der Waals surface area contributed by atoms with E-state index in [1.165, 1.54) is 0 Å². The fourth-order valence-electron chi connectivity index (χ4n) is 2.41. The van der Waals surface area contributed by atoms with Gasteiger partial charge < -0.3 is 5.73 Å². The predicted octanol–water partition coefficient (Wildman–Crippen LogP) is 2.54. The van der Waals surface area contributed by atoms with Gasteiger partial charge >= 0.3 is 0 Å². The minimum absolute atomic E-state index is 0.115. The Morgan fingerprint density at radius 1 is 1.16 bits per heavy atom. The highest BCUT2D eigenvalue weighted by Gasteiger charge is 2.27. The van der Waals surface area contributed by atoms with Crippen LogP contribution in [0.1, 0.15) is 33.4 Å². The van der Waals surface area contributed by atoms with Crippen LogP contribution in [0.15, 0.2) is 35.1 Å². The minimum atomic E-state index is -0.195. The van der Waals surface area contributed by atoms with E-state index in [9.17, 15) is 4.79 Å². The van der Waals surface area contributed by atoms with Crippen LogP contribution in [0, 0.1) is 0 Å². The van der Waals surface area contributed by atoms with Gasteiger partial charge in [-0.1, -0.05) is 39.0 Å². The van der Waals surface area contributed by atoms with E-state index in [0.717, 1.165) is 11.4 Å². The zero-order valence-corrected chi connectivity index (χ0v) is 12.0. The van der Waals surface area contributed by atoms with E-state index < -0.39 is 0 Å². The molecular formula is C15H21N3O. The summed E-state index contributed by atoms with van der Waals surface area (Å²) in [7, 11) is 0. The number of nitrogen functional groups attached to an aromatic ring is 1. The van der Waals surface area contributed by atoms with Gasteiger partial charge in [-0.25, -0.2) is 4.68 Å². The topological polar surface area (TPSA) is 52.9 Å². The van der Waals surface area contributed by atoms with E-state index >= 15 is 0 Å². The third-order valence-electron chi connectivity index (χ3n) is 3.18. The molecule has 0 amide bonds. The second kappa shape index (κ2) is 4.61. The molecule has 102 valence electrons. The maximum atomic E-state index is 12.3. The van der Waals surface area contributed by atoms with Crippen molar-refractivity contribution < 1.29 is 0 Å². The summed E-state index contributed by atoms with van der Waals surface area (Å²) in [5.41, 5.74) is 7.91. The third kappa shape index (κ3) is 2.18. The summed E-state index contributed by atoms with van der Waals surface area (Å²) in [5.74, 6) is 0. The lowest BCUT2D eigenvalue weighted by atomic mass is 9.91. The molecule has 0 aliphatic rings. The van der Waals surface area contributed by atoms with E-state index in [1.54, 1.807) is 4.68 Å². The van der Waals surface area contributed by atoms with Gasteiger partial charge in [0.1, 0.15) is 5.69 Å². The Kier molecular flexibility index (Phi) is 3.27. The van der Waals surface area contributed by atoms with Crippen LogP contribution in [0.25, 0.3) is 5.69 Å². The van der Waals surface area contributed by atoms with E-state index in [-0.39, 0.29) is 11.0 Å². The second-order valence-corrected chi connectivity index (χ2v) is 5.68. The van der Waals surface area contributed by atoms with Gasteiger partial charge in [0.15, 0.2) is 0 Å². The van der Waals surface area contributed by atoms with Crippen molar-refractivity contribution in [2.75, 3.05) is 5.73 Å². The average molecular weight is 259 g/mol. The quantitative estimate of drug-likeness (QED) is 0.901. The lowest BCUT2D eigenvalue weighted by Gasteiger charge is -2.23. The number of hydrogen-bond donors (Lipinski definition) is 1. The van der Waals surface area contributed by atoms with Crippen LogP contribution in [-0.2, 0) is 12.0 Å². The largest absolute Gasteiger partial charge is 0.393 e. The van der Waals surface area contributed by atoms with Crippen LogP contribution in [0.2, 0.25) is 0 Å². The van der Waals surface area contributed by atoms with Crippen LogP contribution < -0.4 is 11.3 Å². The highest BCUT2D eigenvalue weighted by Crippen LogP contribution is 2.28. The van der Waals surface area contributed by atoms with Gasteiger partial charge in [0.05, 0.1) is 11.4 Å². The van der Waals surface area contributed by atoms with Crippen molar-refractivity contribution in [3.05, 3.63) is 46.4 Å². The monoisotopic (exact) mass is 259 g/mol. The maximum absolute atomic E-state index is 12.3. The standard InChI is InChI=1S/C15H21N3O/c1-5-17-14(19)12(16)13(15(2,3)4)18(17)11-9-7-6-8-10-11/h6-10H,5,16H2,1-4H3. The summed E-state index contributed by atoms with van der Waals surface area (Å²) in [5, 5.41) is 0. The van der Waals surface area contributed by atoms with Crippen LogP contribution in [0.5, 0.6) is 0 Å². The molecule has 1 aromatic heterocycles. The van der Waals surface area contributed by atoms with Crippen LogP contribution >= 0.6 is 0 Å². The highest BCUT2D eigenvalue weighted by atomic mass is 16.1. The molecule has 4 heteroatoms. The zero-order chi connectivity index (χ0) is 14.2. The van der Waals surface area contributed by atoms with Crippen LogP contribution in [-0.4, -0.2) is 9.36 Å². The Bertz CT molecular complexity index is 630. The Morgan fingerprint density at radius 3 is 2.21 bits per heavy atom. The van der Waals surface area contributed by atoms with Gasteiger partial charge in [-0.3, -0.25) is 9.48 Å². The molecule has 0 saturated heterocycles. The van der Waals surface area contributed by atoms with Crippen molar-refractivity contribution >= 4 is 5.69 Å². The zero-order valence-electron chi connectivity index (χ0n) is 12.0. The molecule has 0 aliphatic heterocycles. The summed E-state index contributed by atoms with van der Waals surface area (Å²) in [4.78, 5) is 12.3. The van der Waals surface area contributed by atoms with E-state index in [1.807, 2.05) is 41.9 Å². The number of aromatic nitrogens is 2. The smallest absolute Gasteiger partial charge is 0.290 e. The first kappa shape index (κ1) is 13.5. The molecule has 1 aromatic carbocycles. The first-order chi connectivity index (χ1) is 8.88. The third-order valence-corrected chi connectivity index (χ3v) is 3.18. The van der Waals surface area contributed by atoms with Crippen molar-refractivity contribution in [2.24, 2.45) is 0 Å². The molecule has 2 aromatic rings. The van der Waals surface area contributed by atoms with Crippen molar-refractivity contribution in [3.63, 3.8) is 0 Å². The fraction of sp³-hybridized carbons (Fsp3) is 0.400. The molecule has 4 nitrogen and oxygen atoms in total. The lowest BCUT2D eigenvalue weighted by molar-refractivity contribution is 0.489. The molecule has 0 unspecified atom stereocenters. The van der Waals surface area contributed by atoms with E-state index in [0.29, 0.717) is 12.2 Å². The summed E-state index contributed by atoms with van der Waals surface area (Å²) < 4.78 is 3.63. The molecule has 2 rings (SSSR count). The predicted molar refractivity (Wildman–Crippen MR) is 78.8 cm³/mol. The van der Waals surface area contributed by atoms with Gasteiger partial charge in [-0.05, 0) is 19.1 Å². The molecular weight excluding hydrogens is 238 g/mol. The first-order valence-electron chi connectivity index (χ1n) is 6.55. The lowest BCUT2D eigenvalue weighted by Crippen LogP contribution is -2.24. The molecule has 0 fully saturated rings. The van der Waals surface area contributed by atoms with Gasteiger partial charge in [0, 0.05) is 12.0 Å². The first-order valence-corrected chi connectivity index (χ1v) is 6.55. The molecule has 0 aliphatic carbocycles. The van der Waals surface area contributed by atoms with Gasteiger partial charge in [-0.2, -0.15) is 0 Å². The number of para-hydroxylation sites is 1. The molecule has 2 N–H and O–H groups in total. The molecule has 1 heterocycles. The summed E-state index contributed by atoms with van der Waals surface area (Å²) in [6.45, 7) is 8.74. The SMILES string of the molecule is CCn1c(=O)c(N)c(C(C)(C)C)n1-c1ccccc1. The van der Waals surface area contributed by atoms with Crippen LogP contribution in [0.4, 0.5) is 5.69 Å². The molecule has 0 saturated carbocycles. The maximum Gasteiger partial charge on any atom is 0.290 e. The highest BCUT2D eigenvalue weighted by molar-refractivity contribution is 5.50. The Morgan fingerprint density at radius 2 is 1.74 bits per heavy atom. The summed E-state index contributed by atoms with van der Waals surface area (Å²) >= 11 is 0. The molecule has 0 spiro atoms. The number of hydrogen-bond acceptors (Lipinski definition) is 2. The number of rotatable bonds is 2. The number of nitrogens with zero attached hydrogens (tertiary/aromatic N) is 2. The van der Waals surface area contributed by atoms with Crippen molar-refractivity contribution in [3.8, 4) is 5.69 Å². The fourth-order valence-corrected chi connectivity index (χ4v) is 2.41. The Labute approximate surface area is 113 Å². The number of nitrogens with two attached hydrogens (primary N) is 1. The van der Waals surface area contributed by atoms with E-state index in [2.05, 4.69) is 20.8 Å². The second-order valence-electron chi connectivity index (χ2n) is 5.68. The van der Waals surface area contributed by atoms with Crippen LogP contribution in [0.3, 0.4) is 0 Å². The summed E-state index contributed by atoms with van der Waals surface area (Å²) in [6.07, 6.45) is 0. The Hall–Kier alpha value is -1.97. The van der Waals surface area contributed by atoms with Gasteiger partial charge in [0.2, 0.25) is 0 Å². The minimum Gasteiger partial charge on any atom is -0.393 e. The average Bonchev–Trinajstić information content (AvgIpc) is 2.62. The Balaban J connectivity index is 2.85. The van der Waals surface area contributed by atoms with Gasteiger partial charge in [-0.15, -0.1) is 0 Å². The van der Waals surface area contributed by atoms with Crippen molar-refractivity contribution in [1.82, 2.24) is 9.36 Å². The van der Waals surface area contributed by atoms with Gasteiger partial charge in [0.25, 0.3) is 5.56 Å². The molecule has 0 atom stereocenters. The van der Waals surface area contributed by atoms with Crippen molar-refractivity contribution in [1.29, 1.82) is 0 Å². The van der Waals surface area contributed by atoms with Crippen molar-refractivity contribution in [2.45, 2.75) is 39.7 Å².